The molecule has 1 aliphatic heterocycles. The third-order valence-corrected chi connectivity index (χ3v) is 5.48. The topological polar surface area (TPSA) is 78.4 Å². The molecule has 1 N–H and O–H groups in total. The Morgan fingerprint density at radius 2 is 1.57 bits per heavy atom. The normalized spacial score (nSPS) is 17.9. The second-order valence-electron chi connectivity index (χ2n) is 7.74. The van der Waals surface area contributed by atoms with Crippen LogP contribution in [-0.2, 0) is 9.59 Å². The Bertz CT molecular complexity index is 867. The number of rotatable bonds is 4. The lowest BCUT2D eigenvalue weighted by molar-refractivity contribution is -0.142. The molecular weight excluding hydrogens is 354 g/mol. The molecule has 7 heteroatoms. The summed E-state index contributed by atoms with van der Waals surface area (Å²) in [5.41, 5.74) is 2.03. The Balaban J connectivity index is 1.39. The maximum atomic E-state index is 13.1. The molecule has 1 aliphatic carbocycles. The molecule has 0 unspecified atom stereocenters. The Morgan fingerprint density at radius 1 is 0.964 bits per heavy atom. The molecule has 7 nitrogen and oxygen atoms in total. The molecule has 4 rings (SSSR count). The van der Waals surface area contributed by atoms with Gasteiger partial charge in [-0.3, -0.25) is 9.59 Å². The number of carbonyl (C=O) groups is 2. The number of anilines is 2. The molecule has 2 aliphatic rings. The predicted octanol–water partition coefficient (Wildman–Crippen LogP) is 2.16. The number of aryl methyl sites for hydroxylation is 2. The van der Waals surface area contributed by atoms with Gasteiger partial charge in [0.15, 0.2) is 0 Å². The van der Waals surface area contributed by atoms with Crippen molar-refractivity contribution in [1.29, 1.82) is 0 Å². The van der Waals surface area contributed by atoms with Gasteiger partial charge in [0.1, 0.15) is 5.41 Å². The van der Waals surface area contributed by atoms with Gasteiger partial charge in [-0.2, -0.15) is 0 Å². The minimum atomic E-state index is -0.900. The minimum absolute atomic E-state index is 0.0528. The molecule has 2 amide bonds. The molecule has 0 bridgehead atoms. The monoisotopic (exact) mass is 379 g/mol. The number of aromatic nitrogens is 2. The van der Waals surface area contributed by atoms with Gasteiger partial charge >= 0.3 is 0 Å². The van der Waals surface area contributed by atoms with Crippen LogP contribution in [0.1, 0.15) is 24.0 Å². The maximum absolute atomic E-state index is 13.1. The Kier molecular flexibility index (Phi) is 4.75. The molecule has 2 heterocycles. The zero-order chi connectivity index (χ0) is 19.7. The Labute approximate surface area is 164 Å². The fraction of sp³-hybridized carbons (Fsp3) is 0.429. The van der Waals surface area contributed by atoms with E-state index in [1.807, 2.05) is 30.9 Å². The van der Waals surface area contributed by atoms with E-state index in [4.69, 9.17) is 0 Å². The fourth-order valence-corrected chi connectivity index (χ4v) is 3.83. The third-order valence-electron chi connectivity index (χ3n) is 5.48. The third kappa shape index (κ3) is 3.56. The van der Waals surface area contributed by atoms with Crippen LogP contribution in [0, 0.1) is 19.3 Å². The van der Waals surface area contributed by atoms with Crippen LogP contribution in [0.5, 0.6) is 0 Å². The highest BCUT2D eigenvalue weighted by molar-refractivity contribution is 6.13. The zero-order valence-corrected chi connectivity index (χ0v) is 16.3. The van der Waals surface area contributed by atoms with Crippen molar-refractivity contribution in [3.63, 3.8) is 0 Å². The van der Waals surface area contributed by atoms with Crippen molar-refractivity contribution in [3.8, 4) is 0 Å². The van der Waals surface area contributed by atoms with E-state index in [2.05, 4.69) is 26.3 Å². The van der Waals surface area contributed by atoms with Crippen LogP contribution >= 0.6 is 0 Å². The van der Waals surface area contributed by atoms with E-state index < -0.39 is 5.41 Å². The summed E-state index contributed by atoms with van der Waals surface area (Å²) < 4.78 is 0. The standard InChI is InChI=1S/C21H25N5O2/c1-15-12-16(2)14-17(13-15)24-18(27)21(4-5-21)19(28)25-8-10-26(11-9-25)20-22-6-3-7-23-20/h3,6-7,12-14H,4-5,8-11H2,1-2H3,(H,24,27). The first-order valence-corrected chi connectivity index (χ1v) is 9.69. The van der Waals surface area contributed by atoms with Gasteiger partial charge in [0, 0.05) is 44.3 Å². The van der Waals surface area contributed by atoms with Crippen molar-refractivity contribution in [2.45, 2.75) is 26.7 Å². The number of piperazine rings is 1. The van der Waals surface area contributed by atoms with E-state index in [9.17, 15) is 9.59 Å². The number of carbonyl (C=O) groups excluding carboxylic acids is 2. The molecule has 0 atom stereocenters. The number of hydrogen-bond donors (Lipinski definition) is 1. The summed E-state index contributed by atoms with van der Waals surface area (Å²) in [7, 11) is 0. The summed E-state index contributed by atoms with van der Waals surface area (Å²) in [5.74, 6) is 0.447. The van der Waals surface area contributed by atoms with E-state index in [1.54, 1.807) is 18.5 Å². The van der Waals surface area contributed by atoms with Crippen molar-refractivity contribution < 1.29 is 9.59 Å². The fourth-order valence-electron chi connectivity index (χ4n) is 3.83. The number of nitrogens with zero attached hydrogens (tertiary/aromatic N) is 4. The minimum Gasteiger partial charge on any atom is -0.338 e. The van der Waals surface area contributed by atoms with Crippen LogP contribution in [-0.4, -0.2) is 52.9 Å². The predicted molar refractivity (Wildman–Crippen MR) is 107 cm³/mol. The van der Waals surface area contributed by atoms with Crippen molar-refractivity contribution >= 4 is 23.5 Å². The van der Waals surface area contributed by atoms with Gasteiger partial charge in [-0.15, -0.1) is 0 Å². The molecule has 1 aromatic heterocycles. The van der Waals surface area contributed by atoms with Gasteiger partial charge in [-0.05, 0) is 56.0 Å². The number of amides is 2. The van der Waals surface area contributed by atoms with E-state index in [0.717, 1.165) is 16.8 Å². The van der Waals surface area contributed by atoms with Gasteiger partial charge in [0.2, 0.25) is 17.8 Å². The lowest BCUT2D eigenvalue weighted by Crippen LogP contribution is -2.53. The largest absolute Gasteiger partial charge is 0.338 e. The Morgan fingerprint density at radius 3 is 2.14 bits per heavy atom. The van der Waals surface area contributed by atoms with Crippen LogP contribution in [0.4, 0.5) is 11.6 Å². The van der Waals surface area contributed by atoms with Gasteiger partial charge in [-0.25, -0.2) is 9.97 Å². The van der Waals surface area contributed by atoms with Crippen molar-refractivity contribution in [1.82, 2.24) is 14.9 Å². The average molecular weight is 379 g/mol. The number of benzene rings is 1. The second kappa shape index (κ2) is 7.22. The molecule has 0 spiro atoms. The van der Waals surface area contributed by atoms with Crippen molar-refractivity contribution in [2.75, 3.05) is 36.4 Å². The molecular formula is C21H25N5O2. The summed E-state index contributed by atoms with van der Waals surface area (Å²) in [6, 6.07) is 7.71. The van der Waals surface area contributed by atoms with Crippen molar-refractivity contribution in [2.24, 2.45) is 5.41 Å². The Hall–Kier alpha value is -2.96. The van der Waals surface area contributed by atoms with Crippen molar-refractivity contribution in [3.05, 3.63) is 47.8 Å². The van der Waals surface area contributed by atoms with E-state index in [1.165, 1.54) is 0 Å². The maximum Gasteiger partial charge on any atom is 0.240 e. The molecule has 146 valence electrons. The van der Waals surface area contributed by atoms with E-state index >= 15 is 0 Å². The summed E-state index contributed by atoms with van der Waals surface area (Å²) in [6.07, 6.45) is 4.67. The SMILES string of the molecule is Cc1cc(C)cc(NC(=O)C2(C(=O)N3CCN(c4ncccn4)CC3)CC2)c1. The number of hydrogen-bond acceptors (Lipinski definition) is 5. The second-order valence-corrected chi connectivity index (χ2v) is 7.74. The van der Waals surface area contributed by atoms with Gasteiger partial charge < -0.3 is 15.1 Å². The quantitative estimate of drug-likeness (QED) is 0.824. The zero-order valence-electron chi connectivity index (χ0n) is 16.3. The first-order valence-electron chi connectivity index (χ1n) is 9.69. The van der Waals surface area contributed by atoms with E-state index in [0.29, 0.717) is 45.0 Å². The molecule has 2 aromatic rings. The van der Waals surface area contributed by atoms with Gasteiger partial charge in [0.25, 0.3) is 0 Å². The first-order chi connectivity index (χ1) is 13.5. The summed E-state index contributed by atoms with van der Waals surface area (Å²) >= 11 is 0. The van der Waals surface area contributed by atoms with Crippen LogP contribution in [0.15, 0.2) is 36.7 Å². The summed E-state index contributed by atoms with van der Waals surface area (Å²) in [5, 5.41) is 2.96. The lowest BCUT2D eigenvalue weighted by Gasteiger charge is -2.36. The average Bonchev–Trinajstić information content (AvgIpc) is 3.49. The van der Waals surface area contributed by atoms with Crippen LogP contribution in [0.2, 0.25) is 0 Å². The van der Waals surface area contributed by atoms with E-state index in [-0.39, 0.29) is 11.8 Å². The number of nitrogens with one attached hydrogen (secondary N) is 1. The molecule has 1 aromatic carbocycles. The van der Waals surface area contributed by atoms with Crippen LogP contribution in [0.3, 0.4) is 0 Å². The summed E-state index contributed by atoms with van der Waals surface area (Å²) in [6.45, 7) is 6.49. The molecule has 1 saturated carbocycles. The molecule has 2 fully saturated rings. The smallest absolute Gasteiger partial charge is 0.240 e. The molecule has 28 heavy (non-hydrogen) atoms. The van der Waals surface area contributed by atoms with Crippen LogP contribution < -0.4 is 10.2 Å². The first kappa shape index (κ1) is 18.4. The highest BCUT2D eigenvalue weighted by Crippen LogP contribution is 2.48. The lowest BCUT2D eigenvalue weighted by atomic mass is 10.0. The molecule has 0 radical (unpaired) electrons. The highest BCUT2D eigenvalue weighted by atomic mass is 16.2. The molecule has 1 saturated heterocycles. The van der Waals surface area contributed by atoms with Gasteiger partial charge in [0.05, 0.1) is 0 Å². The van der Waals surface area contributed by atoms with Gasteiger partial charge in [-0.1, -0.05) is 6.07 Å². The summed E-state index contributed by atoms with van der Waals surface area (Å²) in [4.78, 5) is 38.4. The highest BCUT2D eigenvalue weighted by Gasteiger charge is 2.58. The van der Waals surface area contributed by atoms with Crippen LogP contribution in [0.25, 0.3) is 0 Å².